The molecule has 0 radical (unpaired) electrons. The van der Waals surface area contributed by atoms with Gasteiger partial charge in [-0.3, -0.25) is 9.59 Å². The van der Waals surface area contributed by atoms with Crippen LogP contribution in [0.3, 0.4) is 0 Å². The van der Waals surface area contributed by atoms with Gasteiger partial charge in [0.2, 0.25) is 5.91 Å². The van der Waals surface area contributed by atoms with E-state index in [1.807, 2.05) is 0 Å². The van der Waals surface area contributed by atoms with Gasteiger partial charge in [0.05, 0.1) is 6.42 Å². The third-order valence-corrected chi connectivity index (χ3v) is 3.35. The topological polar surface area (TPSA) is 106 Å². The summed E-state index contributed by atoms with van der Waals surface area (Å²) in [4.78, 5) is 22.6. The highest BCUT2D eigenvalue weighted by atomic mass is 19.1. The lowest BCUT2D eigenvalue weighted by Crippen LogP contribution is -2.42. The van der Waals surface area contributed by atoms with E-state index < -0.39 is 23.2 Å². The van der Waals surface area contributed by atoms with E-state index in [-0.39, 0.29) is 17.5 Å². The normalized spacial score (nSPS) is 13.4. The lowest BCUT2D eigenvalue weighted by Gasteiger charge is -2.26. The molecule has 0 aliphatic heterocycles. The quantitative estimate of drug-likeness (QED) is 0.751. The second-order valence-electron chi connectivity index (χ2n) is 4.90. The zero-order valence-corrected chi connectivity index (χ0v) is 11.6. The van der Waals surface area contributed by atoms with Gasteiger partial charge in [-0.25, -0.2) is 4.39 Å². The van der Waals surface area contributed by atoms with E-state index in [0.717, 1.165) is 6.07 Å². The minimum atomic E-state index is -2.30. The number of aliphatic hydroxyl groups is 1. The first kappa shape index (κ1) is 15.7. The monoisotopic (exact) mass is 302 g/mol. The van der Waals surface area contributed by atoms with Crippen LogP contribution in [0.15, 0.2) is 48.5 Å². The zero-order chi connectivity index (χ0) is 16.3. The van der Waals surface area contributed by atoms with Gasteiger partial charge >= 0.3 is 0 Å². The Bertz CT molecular complexity index is 719. The fraction of sp³-hybridized carbons (Fsp3) is 0.125. The molecular formula is C16H15FN2O3. The van der Waals surface area contributed by atoms with Crippen molar-refractivity contribution in [3.05, 3.63) is 71.0 Å². The fourth-order valence-electron chi connectivity index (χ4n) is 2.27. The second kappa shape index (κ2) is 5.95. The van der Waals surface area contributed by atoms with Gasteiger partial charge < -0.3 is 16.6 Å². The van der Waals surface area contributed by atoms with E-state index >= 15 is 0 Å². The molecule has 0 aliphatic rings. The first-order chi connectivity index (χ1) is 10.4. The first-order valence-electron chi connectivity index (χ1n) is 6.50. The van der Waals surface area contributed by atoms with Crippen LogP contribution in [0.4, 0.5) is 4.39 Å². The molecule has 0 aliphatic carbocycles. The largest absolute Gasteiger partial charge is 0.372 e. The van der Waals surface area contributed by atoms with Gasteiger partial charge in [-0.05, 0) is 17.2 Å². The highest BCUT2D eigenvalue weighted by Crippen LogP contribution is 2.31. The molecule has 0 spiro atoms. The van der Waals surface area contributed by atoms with Crippen molar-refractivity contribution in [2.45, 2.75) is 12.0 Å². The molecule has 0 saturated carbocycles. The van der Waals surface area contributed by atoms with Crippen LogP contribution in [0.25, 0.3) is 0 Å². The van der Waals surface area contributed by atoms with Gasteiger partial charge in [0.15, 0.2) is 5.60 Å². The van der Waals surface area contributed by atoms with Crippen molar-refractivity contribution >= 4 is 11.8 Å². The smallest absolute Gasteiger partial charge is 0.258 e. The number of carbonyl (C=O) groups is 2. The molecule has 0 heterocycles. The molecule has 114 valence electrons. The highest BCUT2D eigenvalue weighted by molar-refractivity contribution is 5.88. The third kappa shape index (κ3) is 2.82. The van der Waals surface area contributed by atoms with Crippen molar-refractivity contribution in [3.63, 3.8) is 0 Å². The van der Waals surface area contributed by atoms with E-state index in [0.29, 0.717) is 5.56 Å². The Kier molecular flexibility index (Phi) is 4.23. The Morgan fingerprint density at radius 1 is 1.09 bits per heavy atom. The Morgan fingerprint density at radius 2 is 1.73 bits per heavy atom. The molecule has 2 aromatic carbocycles. The van der Waals surface area contributed by atoms with Crippen molar-refractivity contribution in [3.8, 4) is 0 Å². The minimum Gasteiger partial charge on any atom is -0.372 e. The van der Waals surface area contributed by atoms with Crippen LogP contribution in [0.2, 0.25) is 0 Å². The van der Waals surface area contributed by atoms with E-state index in [9.17, 15) is 19.1 Å². The summed E-state index contributed by atoms with van der Waals surface area (Å²) in [7, 11) is 0. The number of rotatable bonds is 5. The molecule has 5 N–H and O–H groups in total. The van der Waals surface area contributed by atoms with Crippen molar-refractivity contribution in [2.75, 3.05) is 0 Å². The molecule has 0 aromatic heterocycles. The molecule has 2 aromatic rings. The predicted octanol–water partition coefficient (Wildman–Crippen LogP) is 0.575. The van der Waals surface area contributed by atoms with Crippen LogP contribution in [0.1, 0.15) is 16.7 Å². The number of benzene rings is 2. The summed E-state index contributed by atoms with van der Waals surface area (Å²) in [6.45, 7) is 0. The van der Waals surface area contributed by atoms with E-state index in [2.05, 4.69) is 0 Å². The van der Waals surface area contributed by atoms with Gasteiger partial charge in [0.25, 0.3) is 5.91 Å². The maximum absolute atomic E-state index is 14.3. The molecule has 0 bridgehead atoms. The summed E-state index contributed by atoms with van der Waals surface area (Å²) < 4.78 is 14.3. The molecule has 5 nitrogen and oxygen atoms in total. The number of primary amides is 2. The van der Waals surface area contributed by atoms with E-state index in [1.54, 1.807) is 18.2 Å². The van der Waals surface area contributed by atoms with Crippen LogP contribution in [0, 0.1) is 5.82 Å². The summed E-state index contributed by atoms with van der Waals surface area (Å²) in [6.07, 6.45) is -0.141. The summed E-state index contributed by atoms with van der Waals surface area (Å²) in [5.74, 6) is -2.55. The molecule has 0 fully saturated rings. The fourth-order valence-corrected chi connectivity index (χ4v) is 2.27. The maximum Gasteiger partial charge on any atom is 0.258 e. The first-order valence-corrected chi connectivity index (χ1v) is 6.50. The highest BCUT2D eigenvalue weighted by Gasteiger charge is 2.40. The van der Waals surface area contributed by atoms with E-state index in [4.69, 9.17) is 11.5 Å². The van der Waals surface area contributed by atoms with Crippen molar-refractivity contribution in [1.29, 1.82) is 0 Å². The molecule has 2 rings (SSSR count). The number of hydrogen-bond donors (Lipinski definition) is 3. The number of amides is 2. The van der Waals surface area contributed by atoms with Crippen LogP contribution in [-0.4, -0.2) is 16.9 Å². The van der Waals surface area contributed by atoms with Crippen LogP contribution in [-0.2, 0) is 21.6 Å². The summed E-state index contributed by atoms with van der Waals surface area (Å²) in [5.41, 5.74) is 8.27. The number of nitrogens with two attached hydrogens (primary N) is 2. The lowest BCUT2D eigenvalue weighted by molar-refractivity contribution is -0.133. The van der Waals surface area contributed by atoms with Crippen LogP contribution < -0.4 is 11.5 Å². The van der Waals surface area contributed by atoms with Gasteiger partial charge in [-0.2, -0.15) is 0 Å². The van der Waals surface area contributed by atoms with Crippen molar-refractivity contribution in [1.82, 2.24) is 0 Å². The van der Waals surface area contributed by atoms with Gasteiger partial charge in [-0.15, -0.1) is 0 Å². The van der Waals surface area contributed by atoms with Gasteiger partial charge in [-0.1, -0.05) is 42.5 Å². The molecule has 0 saturated heterocycles. The molecule has 2 amide bonds. The Hall–Kier alpha value is -2.73. The average molecular weight is 302 g/mol. The maximum atomic E-state index is 14.3. The molecular weight excluding hydrogens is 287 g/mol. The van der Waals surface area contributed by atoms with Crippen molar-refractivity contribution in [2.24, 2.45) is 11.5 Å². The van der Waals surface area contributed by atoms with E-state index in [1.165, 1.54) is 24.3 Å². The van der Waals surface area contributed by atoms with Gasteiger partial charge in [0, 0.05) is 5.56 Å². The summed E-state index contributed by atoms with van der Waals surface area (Å²) >= 11 is 0. The van der Waals surface area contributed by atoms with Crippen molar-refractivity contribution < 1.29 is 19.1 Å². The molecule has 1 atom stereocenters. The zero-order valence-electron chi connectivity index (χ0n) is 11.6. The molecule has 6 heteroatoms. The lowest BCUT2D eigenvalue weighted by atomic mass is 9.84. The SMILES string of the molecule is NC(=O)Cc1ccc(C(O)(C(N)=O)c2ccccc2)c(F)c1. The third-order valence-electron chi connectivity index (χ3n) is 3.35. The number of carbonyl (C=O) groups excluding carboxylic acids is 2. The standard InChI is InChI=1S/C16H15FN2O3/c17-13-8-10(9-14(18)20)6-7-12(13)16(22,15(19)21)11-4-2-1-3-5-11/h1-8,22H,9H2,(H2,18,20)(H2,19,21). The second-order valence-corrected chi connectivity index (χ2v) is 4.90. The molecule has 1 unspecified atom stereocenters. The average Bonchev–Trinajstić information content (AvgIpc) is 2.46. The summed E-state index contributed by atoms with van der Waals surface area (Å²) in [5, 5.41) is 10.7. The predicted molar refractivity (Wildman–Crippen MR) is 77.9 cm³/mol. The summed E-state index contributed by atoms with van der Waals surface area (Å²) in [6, 6.07) is 11.5. The van der Waals surface area contributed by atoms with Crippen LogP contribution in [0.5, 0.6) is 0 Å². The minimum absolute atomic E-state index is 0.141. The number of hydrogen-bond acceptors (Lipinski definition) is 3. The Labute approximate surface area is 126 Å². The Balaban J connectivity index is 2.55. The van der Waals surface area contributed by atoms with Gasteiger partial charge in [0.1, 0.15) is 5.82 Å². The Morgan fingerprint density at radius 3 is 2.23 bits per heavy atom. The van der Waals surface area contributed by atoms with Crippen LogP contribution >= 0.6 is 0 Å². The molecule has 22 heavy (non-hydrogen) atoms. The number of halogens is 1.